The number of hydrogen-bond donors (Lipinski definition) is 0. The number of nitrogens with zero attached hydrogens (tertiary/aromatic N) is 1. The highest BCUT2D eigenvalue weighted by Crippen LogP contribution is 2.39. The number of rotatable bonds is 1. The molecule has 3 rings (SSSR count). The van der Waals surface area contributed by atoms with Crippen molar-refractivity contribution in [2.24, 2.45) is 5.92 Å². The second-order valence-electron chi connectivity index (χ2n) is 5.85. The lowest BCUT2D eigenvalue weighted by Gasteiger charge is -2.42. The molecule has 18 heavy (non-hydrogen) atoms. The van der Waals surface area contributed by atoms with Gasteiger partial charge < -0.3 is 4.90 Å². The molecule has 0 saturated heterocycles. The van der Waals surface area contributed by atoms with E-state index in [-0.39, 0.29) is 0 Å². The highest BCUT2D eigenvalue weighted by Gasteiger charge is 2.31. The van der Waals surface area contributed by atoms with E-state index >= 15 is 0 Å². The second kappa shape index (κ2) is 5.24. The molecule has 0 aromatic heterocycles. The lowest BCUT2D eigenvalue weighted by atomic mass is 9.79. The van der Waals surface area contributed by atoms with Gasteiger partial charge in [0.25, 0.3) is 0 Å². The predicted molar refractivity (Wildman–Crippen MR) is 81.2 cm³/mol. The Morgan fingerprint density at radius 1 is 1.11 bits per heavy atom. The fraction of sp³-hybridized carbons (Fsp3) is 0.625. The molecule has 0 bridgehead atoms. The zero-order valence-corrected chi connectivity index (χ0v) is 12.7. The van der Waals surface area contributed by atoms with Crippen molar-refractivity contribution in [3.8, 4) is 0 Å². The van der Waals surface area contributed by atoms with Crippen molar-refractivity contribution in [3.05, 3.63) is 28.2 Å². The van der Waals surface area contributed by atoms with Crippen molar-refractivity contribution in [1.29, 1.82) is 0 Å². The van der Waals surface area contributed by atoms with Gasteiger partial charge in [-0.3, -0.25) is 0 Å². The standard InChI is InChI=1S/C16H22BrN/c1-18-15(12-6-3-2-4-7-12)11-10-13-14(17)8-5-9-16(13)18/h5,8-9,12,15H,2-4,6-7,10-11H2,1H3. The Labute approximate surface area is 119 Å². The third-order valence-corrected chi connectivity index (χ3v) is 5.60. The average Bonchev–Trinajstić information content (AvgIpc) is 2.41. The maximum absolute atomic E-state index is 3.70. The van der Waals surface area contributed by atoms with E-state index in [2.05, 4.69) is 46.1 Å². The number of fused-ring (bicyclic) bond motifs is 1. The van der Waals surface area contributed by atoms with E-state index in [9.17, 15) is 0 Å². The van der Waals surface area contributed by atoms with Gasteiger partial charge in [-0.25, -0.2) is 0 Å². The number of benzene rings is 1. The van der Waals surface area contributed by atoms with Crippen LogP contribution in [-0.4, -0.2) is 13.1 Å². The van der Waals surface area contributed by atoms with Crippen LogP contribution >= 0.6 is 15.9 Å². The van der Waals surface area contributed by atoms with Gasteiger partial charge in [0.15, 0.2) is 0 Å². The fourth-order valence-corrected chi connectivity index (χ4v) is 4.41. The van der Waals surface area contributed by atoms with E-state index in [0.29, 0.717) is 0 Å². The molecule has 0 spiro atoms. The second-order valence-corrected chi connectivity index (χ2v) is 6.71. The maximum Gasteiger partial charge on any atom is 0.0410 e. The molecule has 1 aliphatic heterocycles. The van der Waals surface area contributed by atoms with Crippen LogP contribution in [0, 0.1) is 5.92 Å². The zero-order valence-electron chi connectivity index (χ0n) is 11.2. The van der Waals surface area contributed by atoms with Crippen LogP contribution in [0.25, 0.3) is 0 Å². The molecule has 1 aliphatic carbocycles. The summed E-state index contributed by atoms with van der Waals surface area (Å²) in [5.41, 5.74) is 2.96. The molecule has 2 aliphatic rings. The Morgan fingerprint density at radius 2 is 1.89 bits per heavy atom. The minimum absolute atomic E-state index is 0.770. The summed E-state index contributed by atoms with van der Waals surface area (Å²) in [6, 6.07) is 7.40. The minimum atomic E-state index is 0.770. The summed E-state index contributed by atoms with van der Waals surface area (Å²) in [7, 11) is 2.30. The first-order valence-electron chi connectivity index (χ1n) is 7.27. The molecule has 0 amide bonds. The number of halogens is 1. The smallest absolute Gasteiger partial charge is 0.0410 e. The Kier molecular flexibility index (Phi) is 3.65. The van der Waals surface area contributed by atoms with Gasteiger partial charge in [-0.1, -0.05) is 41.3 Å². The largest absolute Gasteiger partial charge is 0.371 e. The van der Waals surface area contributed by atoms with Crippen LogP contribution in [0.15, 0.2) is 22.7 Å². The summed E-state index contributed by atoms with van der Waals surface area (Å²) in [5.74, 6) is 0.927. The maximum atomic E-state index is 3.70. The van der Waals surface area contributed by atoms with Crippen LogP contribution in [0.5, 0.6) is 0 Å². The number of hydrogen-bond acceptors (Lipinski definition) is 1. The van der Waals surface area contributed by atoms with Crippen LogP contribution in [0.4, 0.5) is 5.69 Å². The van der Waals surface area contributed by atoms with Crippen molar-refractivity contribution < 1.29 is 0 Å². The summed E-state index contributed by atoms with van der Waals surface area (Å²) >= 11 is 3.70. The Morgan fingerprint density at radius 3 is 2.67 bits per heavy atom. The van der Waals surface area contributed by atoms with E-state index in [1.165, 1.54) is 60.7 Å². The van der Waals surface area contributed by atoms with E-state index in [4.69, 9.17) is 0 Å². The van der Waals surface area contributed by atoms with Crippen LogP contribution in [0.2, 0.25) is 0 Å². The first-order chi connectivity index (χ1) is 8.77. The molecule has 1 fully saturated rings. The lowest BCUT2D eigenvalue weighted by molar-refractivity contribution is 0.284. The molecular weight excluding hydrogens is 286 g/mol. The van der Waals surface area contributed by atoms with Crippen molar-refractivity contribution in [2.45, 2.75) is 51.0 Å². The van der Waals surface area contributed by atoms with Gasteiger partial charge in [0.05, 0.1) is 0 Å². The highest BCUT2D eigenvalue weighted by molar-refractivity contribution is 9.10. The molecule has 1 aromatic rings. The first-order valence-corrected chi connectivity index (χ1v) is 8.07. The Balaban J connectivity index is 1.84. The summed E-state index contributed by atoms with van der Waals surface area (Å²) in [4.78, 5) is 2.56. The molecule has 1 unspecified atom stereocenters. The summed E-state index contributed by atoms with van der Waals surface area (Å²) in [6.07, 6.45) is 9.80. The van der Waals surface area contributed by atoms with E-state index in [1.807, 2.05) is 0 Å². The highest BCUT2D eigenvalue weighted by atomic mass is 79.9. The molecule has 2 heteroatoms. The zero-order chi connectivity index (χ0) is 12.5. The quantitative estimate of drug-likeness (QED) is 0.721. The molecule has 0 radical (unpaired) electrons. The minimum Gasteiger partial charge on any atom is -0.371 e. The van der Waals surface area contributed by atoms with Gasteiger partial charge in [0, 0.05) is 23.2 Å². The van der Waals surface area contributed by atoms with E-state index in [1.54, 1.807) is 0 Å². The van der Waals surface area contributed by atoms with Crippen molar-refractivity contribution >= 4 is 21.6 Å². The fourth-order valence-electron chi connectivity index (χ4n) is 3.86. The Hall–Kier alpha value is -0.500. The van der Waals surface area contributed by atoms with Crippen LogP contribution in [0.3, 0.4) is 0 Å². The van der Waals surface area contributed by atoms with E-state index in [0.717, 1.165) is 12.0 Å². The number of anilines is 1. The SMILES string of the molecule is CN1c2cccc(Br)c2CCC1C1CCCCC1. The van der Waals surface area contributed by atoms with Gasteiger partial charge in [-0.2, -0.15) is 0 Å². The molecule has 1 nitrogen and oxygen atoms in total. The average molecular weight is 308 g/mol. The molecule has 1 saturated carbocycles. The van der Waals surface area contributed by atoms with Gasteiger partial charge in [-0.15, -0.1) is 0 Å². The molecular formula is C16H22BrN. The summed E-state index contributed by atoms with van der Waals surface area (Å²) in [5, 5.41) is 0. The molecule has 1 aromatic carbocycles. The molecule has 1 heterocycles. The third-order valence-electron chi connectivity index (χ3n) is 4.86. The first kappa shape index (κ1) is 12.5. The van der Waals surface area contributed by atoms with Crippen LogP contribution in [0.1, 0.15) is 44.1 Å². The van der Waals surface area contributed by atoms with E-state index < -0.39 is 0 Å². The Bertz CT molecular complexity index is 423. The summed E-state index contributed by atoms with van der Waals surface area (Å²) in [6.45, 7) is 0. The van der Waals surface area contributed by atoms with Gasteiger partial charge in [0.2, 0.25) is 0 Å². The predicted octanol–water partition coefficient (Wildman–Crippen LogP) is 4.78. The van der Waals surface area contributed by atoms with Crippen molar-refractivity contribution in [1.82, 2.24) is 0 Å². The monoisotopic (exact) mass is 307 g/mol. The van der Waals surface area contributed by atoms with Gasteiger partial charge >= 0.3 is 0 Å². The topological polar surface area (TPSA) is 3.24 Å². The normalized spacial score (nSPS) is 25.0. The van der Waals surface area contributed by atoms with Crippen LogP contribution < -0.4 is 4.90 Å². The van der Waals surface area contributed by atoms with Crippen molar-refractivity contribution in [3.63, 3.8) is 0 Å². The molecule has 1 atom stereocenters. The molecule has 0 N–H and O–H groups in total. The summed E-state index contributed by atoms with van der Waals surface area (Å²) < 4.78 is 1.29. The third kappa shape index (κ3) is 2.20. The van der Waals surface area contributed by atoms with Crippen molar-refractivity contribution in [2.75, 3.05) is 11.9 Å². The molecule has 98 valence electrons. The lowest BCUT2D eigenvalue weighted by Crippen LogP contribution is -2.42. The van der Waals surface area contributed by atoms with Gasteiger partial charge in [-0.05, 0) is 49.3 Å². The van der Waals surface area contributed by atoms with Gasteiger partial charge in [0.1, 0.15) is 0 Å². The van der Waals surface area contributed by atoms with Crippen LogP contribution in [-0.2, 0) is 6.42 Å².